The standard InChI is InChI=1S/C24H28N2O4/c1-18(21-10-7-13-29-21)25-15-24(27)26(2)16-20-11-12-22(23(14-20)28-3)30-17-19-8-5-4-6-9-19/h4-14,18,25H,15-17H2,1-3H3/t18-/m0/s1. The highest BCUT2D eigenvalue weighted by molar-refractivity contribution is 5.78. The van der Waals surface area contributed by atoms with Gasteiger partial charge in [-0.3, -0.25) is 10.1 Å². The van der Waals surface area contributed by atoms with Crippen molar-refractivity contribution in [2.24, 2.45) is 0 Å². The highest BCUT2D eigenvalue weighted by Gasteiger charge is 2.14. The molecule has 0 fully saturated rings. The van der Waals surface area contributed by atoms with Crippen molar-refractivity contribution in [3.63, 3.8) is 0 Å². The van der Waals surface area contributed by atoms with Crippen LogP contribution in [0.4, 0.5) is 0 Å². The Morgan fingerprint density at radius 3 is 2.57 bits per heavy atom. The van der Waals surface area contributed by atoms with Crippen LogP contribution < -0.4 is 14.8 Å². The van der Waals surface area contributed by atoms with E-state index >= 15 is 0 Å². The zero-order valence-electron chi connectivity index (χ0n) is 17.6. The van der Waals surface area contributed by atoms with Gasteiger partial charge in [-0.25, -0.2) is 0 Å². The van der Waals surface area contributed by atoms with Crippen molar-refractivity contribution < 1.29 is 18.7 Å². The minimum Gasteiger partial charge on any atom is -0.493 e. The predicted molar refractivity (Wildman–Crippen MR) is 115 cm³/mol. The van der Waals surface area contributed by atoms with Crippen LogP contribution in [-0.2, 0) is 17.9 Å². The lowest BCUT2D eigenvalue weighted by molar-refractivity contribution is -0.129. The van der Waals surface area contributed by atoms with Gasteiger partial charge in [0.05, 0.1) is 26.0 Å². The largest absolute Gasteiger partial charge is 0.493 e. The van der Waals surface area contributed by atoms with E-state index in [1.54, 1.807) is 25.3 Å². The molecule has 1 heterocycles. The summed E-state index contributed by atoms with van der Waals surface area (Å²) >= 11 is 0. The number of carbonyl (C=O) groups is 1. The van der Waals surface area contributed by atoms with Crippen molar-refractivity contribution in [1.29, 1.82) is 0 Å². The van der Waals surface area contributed by atoms with Crippen molar-refractivity contribution >= 4 is 5.91 Å². The molecule has 0 unspecified atom stereocenters. The third-order valence-corrected chi connectivity index (χ3v) is 4.84. The van der Waals surface area contributed by atoms with Crippen LogP contribution >= 0.6 is 0 Å². The molecule has 1 aromatic heterocycles. The molecule has 6 heteroatoms. The summed E-state index contributed by atoms with van der Waals surface area (Å²) in [6.07, 6.45) is 1.63. The summed E-state index contributed by atoms with van der Waals surface area (Å²) in [7, 11) is 3.40. The summed E-state index contributed by atoms with van der Waals surface area (Å²) < 4.78 is 16.7. The Morgan fingerprint density at radius 1 is 1.07 bits per heavy atom. The van der Waals surface area contributed by atoms with Crippen LogP contribution in [0.1, 0.15) is 29.9 Å². The number of ether oxygens (including phenoxy) is 2. The van der Waals surface area contributed by atoms with E-state index < -0.39 is 0 Å². The van der Waals surface area contributed by atoms with E-state index in [0.29, 0.717) is 24.7 Å². The number of carbonyl (C=O) groups excluding carboxylic acids is 1. The Kier molecular flexibility index (Phi) is 7.51. The second-order valence-corrected chi connectivity index (χ2v) is 7.13. The first kappa shape index (κ1) is 21.5. The van der Waals surface area contributed by atoms with Crippen LogP contribution in [0.15, 0.2) is 71.3 Å². The molecule has 1 atom stereocenters. The molecule has 3 aromatic rings. The predicted octanol–water partition coefficient (Wildman–Crippen LogP) is 4.18. The summed E-state index contributed by atoms with van der Waals surface area (Å²) in [5.41, 5.74) is 2.05. The van der Waals surface area contributed by atoms with E-state index in [1.165, 1.54) is 0 Å². The molecule has 158 valence electrons. The number of likely N-dealkylation sites (N-methyl/N-ethyl adjacent to an activating group) is 1. The van der Waals surface area contributed by atoms with Gasteiger partial charge in [-0.1, -0.05) is 36.4 Å². The van der Waals surface area contributed by atoms with Gasteiger partial charge in [0.2, 0.25) is 5.91 Å². The van der Waals surface area contributed by atoms with Crippen molar-refractivity contribution in [1.82, 2.24) is 10.2 Å². The second-order valence-electron chi connectivity index (χ2n) is 7.13. The topological polar surface area (TPSA) is 63.9 Å². The number of methoxy groups -OCH3 is 1. The number of hydrogen-bond donors (Lipinski definition) is 1. The minimum absolute atomic E-state index is 0.00298. The molecular formula is C24H28N2O4. The third-order valence-electron chi connectivity index (χ3n) is 4.84. The fourth-order valence-electron chi connectivity index (χ4n) is 3.04. The van der Waals surface area contributed by atoms with Crippen LogP contribution in [0.2, 0.25) is 0 Å². The molecule has 30 heavy (non-hydrogen) atoms. The van der Waals surface area contributed by atoms with E-state index in [2.05, 4.69) is 5.32 Å². The number of nitrogens with zero attached hydrogens (tertiary/aromatic N) is 1. The van der Waals surface area contributed by atoms with Crippen LogP contribution in [0.25, 0.3) is 0 Å². The summed E-state index contributed by atoms with van der Waals surface area (Å²) in [5.74, 6) is 2.12. The molecule has 0 aliphatic rings. The van der Waals surface area contributed by atoms with Gasteiger partial charge in [0.15, 0.2) is 11.5 Å². The van der Waals surface area contributed by atoms with E-state index in [-0.39, 0.29) is 18.5 Å². The number of furan rings is 1. The van der Waals surface area contributed by atoms with Gasteiger partial charge in [-0.2, -0.15) is 0 Å². The van der Waals surface area contributed by atoms with E-state index in [0.717, 1.165) is 16.9 Å². The first-order chi connectivity index (χ1) is 14.6. The summed E-state index contributed by atoms with van der Waals surface area (Å²) in [4.78, 5) is 14.2. The lowest BCUT2D eigenvalue weighted by Crippen LogP contribution is -2.36. The van der Waals surface area contributed by atoms with Crippen LogP contribution in [0.3, 0.4) is 0 Å². The van der Waals surface area contributed by atoms with Gasteiger partial charge in [-0.15, -0.1) is 0 Å². The summed E-state index contributed by atoms with van der Waals surface area (Å²) in [6, 6.07) is 19.4. The molecule has 1 amide bonds. The Morgan fingerprint density at radius 2 is 1.87 bits per heavy atom. The lowest BCUT2D eigenvalue weighted by Gasteiger charge is -2.20. The van der Waals surface area contributed by atoms with Crippen molar-refractivity contribution in [2.75, 3.05) is 20.7 Å². The number of amides is 1. The molecule has 1 N–H and O–H groups in total. The molecule has 0 saturated carbocycles. The maximum atomic E-state index is 12.5. The Hall–Kier alpha value is -3.25. The number of benzene rings is 2. The number of nitrogens with one attached hydrogen (secondary N) is 1. The zero-order valence-corrected chi connectivity index (χ0v) is 17.6. The quantitative estimate of drug-likeness (QED) is 0.545. The average Bonchev–Trinajstić information content (AvgIpc) is 3.32. The zero-order chi connectivity index (χ0) is 21.3. The monoisotopic (exact) mass is 408 g/mol. The summed E-state index contributed by atoms with van der Waals surface area (Å²) in [5, 5.41) is 3.19. The molecular weight excluding hydrogens is 380 g/mol. The van der Waals surface area contributed by atoms with Crippen LogP contribution in [0, 0.1) is 0 Å². The fraction of sp³-hybridized carbons (Fsp3) is 0.292. The normalized spacial score (nSPS) is 11.7. The number of hydrogen-bond acceptors (Lipinski definition) is 5. The fourth-order valence-corrected chi connectivity index (χ4v) is 3.04. The molecule has 0 saturated heterocycles. The van der Waals surface area contributed by atoms with Crippen molar-refractivity contribution in [3.05, 3.63) is 83.8 Å². The first-order valence-corrected chi connectivity index (χ1v) is 9.91. The SMILES string of the molecule is COc1cc(CN(C)C(=O)CN[C@@H](C)c2ccco2)ccc1OCc1ccccc1. The maximum absolute atomic E-state index is 12.5. The van der Waals surface area contributed by atoms with Crippen LogP contribution in [-0.4, -0.2) is 31.5 Å². The Labute approximate surface area is 177 Å². The molecule has 0 spiro atoms. The van der Waals surface area contributed by atoms with E-state index in [1.807, 2.05) is 67.6 Å². The minimum atomic E-state index is -0.0292. The highest BCUT2D eigenvalue weighted by atomic mass is 16.5. The average molecular weight is 408 g/mol. The molecule has 3 rings (SSSR count). The molecule has 2 aromatic carbocycles. The molecule has 0 aliphatic heterocycles. The van der Waals surface area contributed by atoms with E-state index in [9.17, 15) is 4.79 Å². The molecule has 0 aliphatic carbocycles. The van der Waals surface area contributed by atoms with Crippen LogP contribution in [0.5, 0.6) is 11.5 Å². The van der Waals surface area contributed by atoms with Gasteiger partial charge in [-0.05, 0) is 42.3 Å². The molecule has 0 bridgehead atoms. The first-order valence-electron chi connectivity index (χ1n) is 9.91. The third kappa shape index (κ3) is 5.87. The van der Waals surface area contributed by atoms with Gasteiger partial charge in [0.25, 0.3) is 0 Å². The van der Waals surface area contributed by atoms with Gasteiger partial charge in [0.1, 0.15) is 12.4 Å². The van der Waals surface area contributed by atoms with Crippen molar-refractivity contribution in [2.45, 2.75) is 26.1 Å². The highest BCUT2D eigenvalue weighted by Crippen LogP contribution is 2.29. The van der Waals surface area contributed by atoms with Gasteiger partial charge < -0.3 is 18.8 Å². The van der Waals surface area contributed by atoms with Crippen molar-refractivity contribution in [3.8, 4) is 11.5 Å². The second kappa shape index (κ2) is 10.5. The Bertz CT molecular complexity index is 926. The van der Waals surface area contributed by atoms with E-state index in [4.69, 9.17) is 13.9 Å². The van der Waals surface area contributed by atoms with Gasteiger partial charge in [0, 0.05) is 13.6 Å². The number of rotatable bonds is 10. The molecule has 0 radical (unpaired) electrons. The smallest absolute Gasteiger partial charge is 0.236 e. The van der Waals surface area contributed by atoms with Gasteiger partial charge >= 0.3 is 0 Å². The summed E-state index contributed by atoms with van der Waals surface area (Å²) in [6.45, 7) is 3.14. The maximum Gasteiger partial charge on any atom is 0.236 e. The lowest BCUT2D eigenvalue weighted by atomic mass is 10.2. The Balaban J connectivity index is 1.54. The molecule has 6 nitrogen and oxygen atoms in total.